The van der Waals surface area contributed by atoms with Crippen LogP contribution in [0.15, 0.2) is 29.1 Å². The number of nitrogens with one attached hydrogen (secondary N) is 1. The molecule has 1 N–H and O–H groups in total. The maximum atomic E-state index is 13.2. The largest absolute Gasteiger partial charge is 0.497 e. The molecule has 1 aliphatic rings. The molecule has 0 spiro atoms. The van der Waals surface area contributed by atoms with Gasteiger partial charge in [-0.25, -0.2) is 4.68 Å². The van der Waals surface area contributed by atoms with Gasteiger partial charge in [0.2, 0.25) is 0 Å². The third kappa shape index (κ3) is 5.31. The van der Waals surface area contributed by atoms with E-state index in [1.165, 1.54) is 19.3 Å². The zero-order valence-corrected chi connectivity index (χ0v) is 20.7. The van der Waals surface area contributed by atoms with Crippen LogP contribution in [0.5, 0.6) is 5.75 Å². The molecule has 9 nitrogen and oxygen atoms in total. The van der Waals surface area contributed by atoms with Crippen molar-refractivity contribution in [1.82, 2.24) is 30.1 Å². The third-order valence-corrected chi connectivity index (χ3v) is 6.85. The molecule has 0 radical (unpaired) electrons. The Labute approximate surface area is 200 Å². The standard InChI is InChI=1S/C25H36N6O3/c1-17(2)23(24-27-28-29-31(24)12-13-33-3)30(20-8-6-5-7-9-20)16-19-14-18-10-11-21(34-4)15-22(18)26-25(19)32/h10-11,14-15,17,20,23H,5-9,12-13,16H2,1-4H3,(H,26,32). The van der Waals surface area contributed by atoms with Gasteiger partial charge in [-0.15, -0.1) is 5.10 Å². The summed E-state index contributed by atoms with van der Waals surface area (Å²) in [6.07, 6.45) is 5.90. The molecule has 1 aliphatic carbocycles. The number of hydrogen-bond acceptors (Lipinski definition) is 7. The van der Waals surface area contributed by atoms with Crippen LogP contribution in [-0.2, 0) is 17.8 Å². The van der Waals surface area contributed by atoms with E-state index >= 15 is 0 Å². The fourth-order valence-electron chi connectivity index (χ4n) is 5.12. The summed E-state index contributed by atoms with van der Waals surface area (Å²) in [5, 5.41) is 13.7. The van der Waals surface area contributed by atoms with Crippen molar-refractivity contribution in [3.63, 3.8) is 0 Å². The molecular weight excluding hydrogens is 432 g/mol. The predicted octanol–water partition coefficient (Wildman–Crippen LogP) is 3.70. The Kier molecular flexibility index (Phi) is 7.95. The van der Waals surface area contributed by atoms with Crippen LogP contribution in [0.3, 0.4) is 0 Å². The molecule has 1 unspecified atom stereocenters. The lowest BCUT2D eigenvalue weighted by Crippen LogP contribution is -2.43. The SMILES string of the molecule is COCCn1nnnc1C(C(C)C)N(Cc1cc2ccc(OC)cc2[nH]c1=O)C1CCCCC1. The number of H-pyrrole nitrogens is 1. The fraction of sp³-hybridized carbons (Fsp3) is 0.600. The van der Waals surface area contributed by atoms with Gasteiger partial charge in [-0.1, -0.05) is 33.1 Å². The van der Waals surface area contributed by atoms with E-state index in [1.807, 2.05) is 28.9 Å². The average molecular weight is 469 g/mol. The van der Waals surface area contributed by atoms with E-state index in [4.69, 9.17) is 9.47 Å². The molecule has 0 saturated heterocycles. The number of aromatic nitrogens is 5. The van der Waals surface area contributed by atoms with Crippen molar-refractivity contribution < 1.29 is 9.47 Å². The van der Waals surface area contributed by atoms with Gasteiger partial charge in [0, 0.05) is 31.3 Å². The Balaban J connectivity index is 1.73. The normalized spacial score (nSPS) is 15.9. The second-order valence-corrected chi connectivity index (χ2v) is 9.48. The molecule has 4 rings (SSSR count). The van der Waals surface area contributed by atoms with E-state index in [9.17, 15) is 4.79 Å². The summed E-state index contributed by atoms with van der Waals surface area (Å²) in [6, 6.07) is 8.14. The van der Waals surface area contributed by atoms with Crippen molar-refractivity contribution in [2.75, 3.05) is 20.8 Å². The zero-order valence-electron chi connectivity index (χ0n) is 20.7. The molecule has 0 bridgehead atoms. The molecule has 1 atom stereocenters. The summed E-state index contributed by atoms with van der Waals surface area (Å²) in [4.78, 5) is 18.7. The number of rotatable bonds is 10. The number of hydrogen-bond donors (Lipinski definition) is 1. The Hall–Kier alpha value is -2.78. The molecule has 2 aromatic heterocycles. The van der Waals surface area contributed by atoms with E-state index in [2.05, 4.69) is 39.3 Å². The monoisotopic (exact) mass is 468 g/mol. The lowest BCUT2D eigenvalue weighted by Gasteiger charge is -2.41. The van der Waals surface area contributed by atoms with Crippen LogP contribution in [0.1, 0.15) is 63.4 Å². The van der Waals surface area contributed by atoms with Gasteiger partial charge in [0.05, 0.1) is 31.8 Å². The van der Waals surface area contributed by atoms with Crippen LogP contribution in [-0.4, -0.2) is 57.0 Å². The molecule has 0 amide bonds. The summed E-state index contributed by atoms with van der Waals surface area (Å²) < 4.78 is 12.4. The molecule has 2 heterocycles. The molecule has 1 saturated carbocycles. The number of nitrogens with zero attached hydrogens (tertiary/aromatic N) is 5. The summed E-state index contributed by atoms with van der Waals surface area (Å²) >= 11 is 0. The summed E-state index contributed by atoms with van der Waals surface area (Å²) in [6.45, 7) is 6.08. The number of fused-ring (bicyclic) bond motifs is 1. The predicted molar refractivity (Wildman–Crippen MR) is 131 cm³/mol. The second kappa shape index (κ2) is 11.1. The Morgan fingerprint density at radius 3 is 2.68 bits per heavy atom. The van der Waals surface area contributed by atoms with E-state index in [-0.39, 0.29) is 17.5 Å². The minimum atomic E-state index is -0.0666. The zero-order chi connectivity index (χ0) is 24.1. The smallest absolute Gasteiger partial charge is 0.252 e. The highest BCUT2D eigenvalue weighted by Crippen LogP contribution is 2.35. The summed E-state index contributed by atoms with van der Waals surface area (Å²) in [7, 11) is 3.31. The Bertz CT molecular complexity index is 1140. The maximum absolute atomic E-state index is 13.2. The van der Waals surface area contributed by atoms with Crippen molar-refractivity contribution in [3.05, 3.63) is 46.0 Å². The maximum Gasteiger partial charge on any atom is 0.252 e. The fourth-order valence-corrected chi connectivity index (χ4v) is 5.12. The highest BCUT2D eigenvalue weighted by molar-refractivity contribution is 5.80. The first-order valence-corrected chi connectivity index (χ1v) is 12.2. The first-order chi connectivity index (χ1) is 16.5. The molecular formula is C25H36N6O3. The van der Waals surface area contributed by atoms with Gasteiger partial charge < -0.3 is 14.5 Å². The summed E-state index contributed by atoms with van der Waals surface area (Å²) in [5.41, 5.74) is 1.47. The van der Waals surface area contributed by atoms with E-state index < -0.39 is 0 Å². The van der Waals surface area contributed by atoms with Crippen LogP contribution >= 0.6 is 0 Å². The van der Waals surface area contributed by atoms with E-state index in [0.717, 1.165) is 40.9 Å². The van der Waals surface area contributed by atoms with Crippen molar-refractivity contribution in [1.29, 1.82) is 0 Å². The van der Waals surface area contributed by atoms with Gasteiger partial charge in [0.1, 0.15) is 5.75 Å². The topological polar surface area (TPSA) is 98.2 Å². The van der Waals surface area contributed by atoms with Crippen LogP contribution in [0.2, 0.25) is 0 Å². The van der Waals surface area contributed by atoms with Gasteiger partial charge in [0.25, 0.3) is 5.56 Å². The van der Waals surface area contributed by atoms with Gasteiger partial charge in [-0.3, -0.25) is 9.69 Å². The summed E-state index contributed by atoms with van der Waals surface area (Å²) in [5.74, 6) is 1.82. The molecule has 1 fully saturated rings. The number of ether oxygens (including phenoxy) is 2. The number of pyridine rings is 1. The van der Waals surface area contributed by atoms with E-state index in [1.54, 1.807) is 14.2 Å². The molecule has 3 aromatic rings. The van der Waals surface area contributed by atoms with Crippen LogP contribution in [0, 0.1) is 5.92 Å². The molecule has 34 heavy (non-hydrogen) atoms. The minimum Gasteiger partial charge on any atom is -0.497 e. The first-order valence-electron chi connectivity index (χ1n) is 12.2. The molecule has 0 aliphatic heterocycles. The minimum absolute atomic E-state index is 0.0130. The number of benzene rings is 1. The van der Waals surface area contributed by atoms with Crippen LogP contribution in [0.4, 0.5) is 0 Å². The number of aromatic amines is 1. The van der Waals surface area contributed by atoms with Crippen LogP contribution in [0.25, 0.3) is 10.9 Å². The number of tetrazole rings is 1. The Morgan fingerprint density at radius 1 is 1.18 bits per heavy atom. The van der Waals surface area contributed by atoms with Gasteiger partial charge in [0.15, 0.2) is 5.82 Å². The average Bonchev–Trinajstić information content (AvgIpc) is 3.30. The van der Waals surface area contributed by atoms with Crippen LogP contribution < -0.4 is 10.3 Å². The quantitative estimate of drug-likeness (QED) is 0.484. The van der Waals surface area contributed by atoms with Crippen molar-refractivity contribution >= 4 is 10.9 Å². The number of methoxy groups -OCH3 is 2. The molecule has 9 heteroatoms. The molecule has 1 aromatic carbocycles. The van der Waals surface area contributed by atoms with Crippen molar-refractivity contribution in [2.24, 2.45) is 5.92 Å². The van der Waals surface area contributed by atoms with Gasteiger partial charge >= 0.3 is 0 Å². The van der Waals surface area contributed by atoms with Crippen molar-refractivity contribution in [3.8, 4) is 5.75 Å². The lowest BCUT2D eigenvalue weighted by atomic mass is 9.90. The third-order valence-electron chi connectivity index (χ3n) is 6.85. The highest BCUT2D eigenvalue weighted by atomic mass is 16.5. The molecule has 184 valence electrons. The second-order valence-electron chi connectivity index (χ2n) is 9.48. The van der Waals surface area contributed by atoms with Gasteiger partial charge in [-0.05, 0) is 52.8 Å². The highest BCUT2D eigenvalue weighted by Gasteiger charge is 2.34. The van der Waals surface area contributed by atoms with Gasteiger partial charge in [-0.2, -0.15) is 0 Å². The lowest BCUT2D eigenvalue weighted by molar-refractivity contribution is 0.0597. The first kappa shape index (κ1) is 24.3. The van der Waals surface area contributed by atoms with Crippen molar-refractivity contribution in [2.45, 2.75) is 71.1 Å². The van der Waals surface area contributed by atoms with E-state index in [0.29, 0.717) is 25.7 Å². The Morgan fingerprint density at radius 2 is 1.97 bits per heavy atom.